The van der Waals surface area contributed by atoms with Gasteiger partial charge in [0.05, 0.1) is 5.02 Å². The van der Waals surface area contributed by atoms with Crippen molar-refractivity contribution in [3.05, 3.63) is 23.0 Å². The van der Waals surface area contributed by atoms with E-state index in [1.165, 1.54) is 0 Å². The molecule has 94 valence electrons. The number of halogens is 1. The maximum Gasteiger partial charge on any atom is 0.267 e. The van der Waals surface area contributed by atoms with Crippen molar-refractivity contribution in [3.8, 4) is 0 Å². The van der Waals surface area contributed by atoms with Crippen molar-refractivity contribution in [3.63, 3.8) is 0 Å². The number of aromatic nitrogens is 1. The summed E-state index contributed by atoms with van der Waals surface area (Å²) in [4.78, 5) is 12.0. The fourth-order valence-corrected chi connectivity index (χ4v) is 2.36. The molecule has 1 saturated heterocycles. The molecule has 0 aromatic carbocycles. The third-order valence-corrected chi connectivity index (χ3v) is 3.36. The van der Waals surface area contributed by atoms with Crippen LogP contribution in [-0.2, 0) is 6.54 Å². The SMILES string of the molecule is CCn1cc(Cl)cc1C(=O)NCC1CCNC1. The van der Waals surface area contributed by atoms with Crippen LogP contribution in [0.2, 0.25) is 5.02 Å². The van der Waals surface area contributed by atoms with Crippen LogP contribution in [0.25, 0.3) is 0 Å². The standard InChI is InChI=1S/C12H18ClN3O/c1-2-16-8-10(13)5-11(16)12(17)15-7-9-3-4-14-6-9/h5,8-9,14H,2-4,6-7H2,1H3,(H,15,17). The van der Waals surface area contributed by atoms with Crippen molar-refractivity contribution in [1.82, 2.24) is 15.2 Å². The minimum atomic E-state index is -0.0364. The summed E-state index contributed by atoms with van der Waals surface area (Å²) in [5.74, 6) is 0.519. The molecule has 1 aliphatic rings. The molecule has 17 heavy (non-hydrogen) atoms. The van der Waals surface area contributed by atoms with Crippen LogP contribution >= 0.6 is 11.6 Å². The number of hydrogen-bond acceptors (Lipinski definition) is 2. The van der Waals surface area contributed by atoms with Gasteiger partial charge in [0.2, 0.25) is 0 Å². The third kappa shape index (κ3) is 3.01. The molecule has 2 N–H and O–H groups in total. The first-order chi connectivity index (χ1) is 8.20. The second-order valence-corrected chi connectivity index (χ2v) is 4.83. The summed E-state index contributed by atoms with van der Waals surface area (Å²) in [6.45, 7) is 5.53. The predicted molar refractivity (Wildman–Crippen MR) is 68.4 cm³/mol. The number of rotatable bonds is 4. The van der Waals surface area contributed by atoms with Crippen LogP contribution in [0.15, 0.2) is 12.3 Å². The van der Waals surface area contributed by atoms with Gasteiger partial charge >= 0.3 is 0 Å². The van der Waals surface area contributed by atoms with Gasteiger partial charge in [-0.2, -0.15) is 0 Å². The topological polar surface area (TPSA) is 46.1 Å². The number of carbonyl (C=O) groups excluding carboxylic acids is 1. The van der Waals surface area contributed by atoms with Gasteiger partial charge in [-0.05, 0) is 38.4 Å². The summed E-state index contributed by atoms with van der Waals surface area (Å²) in [5, 5.41) is 6.87. The maximum atomic E-state index is 12.0. The molecule has 1 aliphatic heterocycles. The Morgan fingerprint density at radius 3 is 3.18 bits per heavy atom. The Hall–Kier alpha value is -1.00. The number of hydrogen-bond donors (Lipinski definition) is 2. The third-order valence-electron chi connectivity index (χ3n) is 3.15. The smallest absolute Gasteiger partial charge is 0.267 e. The number of carbonyl (C=O) groups is 1. The van der Waals surface area contributed by atoms with E-state index in [2.05, 4.69) is 10.6 Å². The van der Waals surface area contributed by atoms with Crippen LogP contribution in [0.3, 0.4) is 0 Å². The highest BCUT2D eigenvalue weighted by Crippen LogP contribution is 2.14. The van der Waals surface area contributed by atoms with Crippen LogP contribution in [-0.4, -0.2) is 30.1 Å². The van der Waals surface area contributed by atoms with Crippen molar-refractivity contribution in [2.45, 2.75) is 19.9 Å². The summed E-state index contributed by atoms with van der Waals surface area (Å²) in [6, 6.07) is 1.72. The van der Waals surface area contributed by atoms with Crippen molar-refractivity contribution in [2.24, 2.45) is 5.92 Å². The Morgan fingerprint density at radius 2 is 2.53 bits per heavy atom. The molecule has 5 heteroatoms. The number of aryl methyl sites for hydroxylation is 1. The van der Waals surface area contributed by atoms with Crippen LogP contribution in [0.5, 0.6) is 0 Å². The molecule has 2 rings (SSSR count). The maximum absolute atomic E-state index is 12.0. The first-order valence-corrected chi connectivity index (χ1v) is 6.43. The normalized spacial score (nSPS) is 19.5. The van der Waals surface area contributed by atoms with E-state index < -0.39 is 0 Å². The van der Waals surface area contributed by atoms with E-state index in [0.717, 1.165) is 32.6 Å². The van der Waals surface area contributed by atoms with Gasteiger partial charge in [-0.1, -0.05) is 11.6 Å². The van der Waals surface area contributed by atoms with Gasteiger partial charge in [0.1, 0.15) is 5.69 Å². The van der Waals surface area contributed by atoms with Gasteiger partial charge in [0, 0.05) is 19.3 Å². The lowest BCUT2D eigenvalue weighted by atomic mass is 10.1. The monoisotopic (exact) mass is 255 g/mol. The Balaban J connectivity index is 1.93. The lowest BCUT2D eigenvalue weighted by Gasteiger charge is -2.11. The molecule has 0 spiro atoms. The molecule has 0 radical (unpaired) electrons. The molecule has 0 aliphatic carbocycles. The first-order valence-electron chi connectivity index (χ1n) is 6.05. The minimum absolute atomic E-state index is 0.0364. The van der Waals surface area contributed by atoms with Crippen molar-refractivity contribution in [2.75, 3.05) is 19.6 Å². The van der Waals surface area contributed by atoms with Crippen molar-refractivity contribution < 1.29 is 4.79 Å². The number of amides is 1. The summed E-state index contributed by atoms with van der Waals surface area (Å²) in [6.07, 6.45) is 2.92. The summed E-state index contributed by atoms with van der Waals surface area (Å²) in [7, 11) is 0. The van der Waals surface area contributed by atoms with Crippen LogP contribution in [0.4, 0.5) is 0 Å². The fourth-order valence-electron chi connectivity index (χ4n) is 2.14. The highest BCUT2D eigenvalue weighted by molar-refractivity contribution is 6.31. The van der Waals surface area contributed by atoms with Crippen LogP contribution in [0.1, 0.15) is 23.8 Å². The molecule has 1 aromatic heterocycles. The predicted octanol–water partition coefficient (Wildman–Crippen LogP) is 1.50. The Kier molecular flexibility index (Phi) is 4.07. The largest absolute Gasteiger partial charge is 0.350 e. The summed E-state index contributed by atoms with van der Waals surface area (Å²) < 4.78 is 1.87. The number of nitrogens with zero attached hydrogens (tertiary/aromatic N) is 1. The second kappa shape index (κ2) is 5.56. The van der Waals surface area contributed by atoms with Gasteiger partial charge in [-0.25, -0.2) is 0 Å². The summed E-state index contributed by atoms with van der Waals surface area (Å²) in [5.41, 5.74) is 0.642. The van der Waals surface area contributed by atoms with Crippen LogP contribution in [0, 0.1) is 5.92 Å². The van der Waals surface area contributed by atoms with Gasteiger partial charge in [0.25, 0.3) is 5.91 Å². The van der Waals surface area contributed by atoms with Gasteiger partial charge in [-0.3, -0.25) is 4.79 Å². The first kappa shape index (κ1) is 12.5. The van der Waals surface area contributed by atoms with E-state index in [4.69, 9.17) is 11.6 Å². The summed E-state index contributed by atoms with van der Waals surface area (Å²) >= 11 is 5.90. The molecule has 0 saturated carbocycles. The minimum Gasteiger partial charge on any atom is -0.350 e. The average molecular weight is 256 g/mol. The lowest BCUT2D eigenvalue weighted by molar-refractivity contribution is 0.0939. The van der Waals surface area contributed by atoms with Gasteiger partial charge in [-0.15, -0.1) is 0 Å². The average Bonchev–Trinajstić information content (AvgIpc) is 2.94. The highest BCUT2D eigenvalue weighted by atomic mass is 35.5. The lowest BCUT2D eigenvalue weighted by Crippen LogP contribution is -2.31. The zero-order valence-corrected chi connectivity index (χ0v) is 10.8. The van der Waals surface area contributed by atoms with Gasteiger partial charge < -0.3 is 15.2 Å². The molecule has 1 amide bonds. The fraction of sp³-hybridized carbons (Fsp3) is 0.583. The molecule has 2 heterocycles. The molecule has 4 nitrogen and oxygen atoms in total. The van der Waals surface area contributed by atoms with Crippen molar-refractivity contribution in [1.29, 1.82) is 0 Å². The quantitative estimate of drug-likeness (QED) is 0.857. The highest BCUT2D eigenvalue weighted by Gasteiger charge is 2.17. The van der Waals surface area contributed by atoms with Crippen molar-refractivity contribution >= 4 is 17.5 Å². The Bertz CT molecular complexity index is 396. The molecular formula is C12H18ClN3O. The molecule has 1 fully saturated rings. The molecule has 1 unspecified atom stereocenters. The van der Waals surface area contributed by atoms with E-state index in [0.29, 0.717) is 16.6 Å². The van der Waals surface area contributed by atoms with E-state index >= 15 is 0 Å². The Morgan fingerprint density at radius 1 is 1.71 bits per heavy atom. The van der Waals surface area contributed by atoms with E-state index in [1.807, 2.05) is 11.5 Å². The van der Waals surface area contributed by atoms with Gasteiger partial charge in [0.15, 0.2) is 0 Å². The van der Waals surface area contributed by atoms with E-state index in [1.54, 1.807) is 12.3 Å². The molecule has 1 atom stereocenters. The Labute approximate surface area is 106 Å². The zero-order valence-electron chi connectivity index (χ0n) is 10.0. The van der Waals surface area contributed by atoms with Crippen LogP contribution < -0.4 is 10.6 Å². The number of nitrogens with one attached hydrogen (secondary N) is 2. The molecular weight excluding hydrogens is 238 g/mol. The zero-order chi connectivity index (χ0) is 12.3. The molecule has 0 bridgehead atoms. The second-order valence-electron chi connectivity index (χ2n) is 4.40. The molecule has 1 aromatic rings. The van der Waals surface area contributed by atoms with E-state index in [9.17, 15) is 4.79 Å². The van der Waals surface area contributed by atoms with E-state index in [-0.39, 0.29) is 5.91 Å².